The van der Waals surface area contributed by atoms with Crippen molar-refractivity contribution in [2.24, 2.45) is 5.41 Å². The van der Waals surface area contributed by atoms with Gasteiger partial charge in [0.05, 0.1) is 19.2 Å². The molecule has 3 rings (SSSR count). The second-order valence-corrected chi connectivity index (χ2v) is 11.2. The van der Waals surface area contributed by atoms with Crippen LogP contribution < -0.4 is 5.32 Å². The van der Waals surface area contributed by atoms with Gasteiger partial charge in [-0.15, -0.1) is 0 Å². The molecule has 7 nitrogen and oxygen atoms in total. The molecule has 1 fully saturated rings. The summed E-state index contributed by atoms with van der Waals surface area (Å²) >= 11 is 0. The van der Waals surface area contributed by atoms with Crippen molar-refractivity contribution in [1.29, 1.82) is 0 Å². The first-order valence-corrected chi connectivity index (χ1v) is 13.7. The molecular weight excluding hydrogens is 492 g/mol. The van der Waals surface area contributed by atoms with E-state index in [1.165, 1.54) is 4.90 Å². The molecule has 1 aliphatic heterocycles. The van der Waals surface area contributed by atoms with E-state index in [1.54, 1.807) is 7.11 Å². The van der Waals surface area contributed by atoms with Crippen molar-refractivity contribution < 1.29 is 23.9 Å². The van der Waals surface area contributed by atoms with Crippen LogP contribution in [-0.4, -0.2) is 55.5 Å². The number of methoxy groups -OCH3 is 1. The van der Waals surface area contributed by atoms with Crippen LogP contribution in [0, 0.1) is 5.41 Å². The third kappa shape index (κ3) is 6.95. The number of carbonyl (C=O) groups is 3. The Hall–Kier alpha value is -3.45. The van der Waals surface area contributed by atoms with E-state index in [1.807, 2.05) is 75.4 Å². The van der Waals surface area contributed by atoms with E-state index >= 15 is 0 Å². The van der Waals surface area contributed by atoms with Crippen molar-refractivity contribution in [3.63, 3.8) is 0 Å². The van der Waals surface area contributed by atoms with E-state index in [4.69, 9.17) is 9.47 Å². The Labute approximate surface area is 232 Å². The van der Waals surface area contributed by atoms with E-state index in [2.05, 4.69) is 18.8 Å². The Morgan fingerprint density at radius 1 is 1.15 bits per heavy atom. The van der Waals surface area contributed by atoms with E-state index in [0.29, 0.717) is 13.0 Å². The number of likely N-dealkylation sites (tertiary alicyclic amines) is 1. The standard InChI is InChI=1S/C32H42N2O5/c1-7-9-12-19-39-30(37)33-28(31(3,4)5)29(36)34-22-32(38-6,20-26(34)21-35)25-17-15-24(16-18-25)27-14-11-10-13-23(27)8-2/h8,10-11,13-18,21,26,28H,2,7,9,12,19-20,22H2,1,3-6H3,(H,33,37)/t26-,28+,32-/m0/s1. The van der Waals surface area contributed by atoms with Crippen LogP contribution in [0.2, 0.25) is 0 Å². The Kier molecular flexibility index (Phi) is 10.1. The fraction of sp³-hybridized carbons (Fsp3) is 0.469. The number of ether oxygens (including phenoxy) is 2. The summed E-state index contributed by atoms with van der Waals surface area (Å²) in [7, 11) is 1.60. The lowest BCUT2D eigenvalue weighted by atomic mass is 9.85. The Morgan fingerprint density at radius 3 is 2.44 bits per heavy atom. The molecule has 0 saturated carbocycles. The van der Waals surface area contributed by atoms with Crippen molar-refractivity contribution in [1.82, 2.24) is 10.2 Å². The molecule has 210 valence electrons. The first kappa shape index (κ1) is 30.1. The smallest absolute Gasteiger partial charge is 0.407 e. The van der Waals surface area contributed by atoms with Crippen LogP contribution in [0.4, 0.5) is 4.79 Å². The zero-order chi connectivity index (χ0) is 28.6. The van der Waals surface area contributed by atoms with Gasteiger partial charge in [-0.05, 0) is 34.1 Å². The molecule has 0 bridgehead atoms. The van der Waals surface area contributed by atoms with Crippen molar-refractivity contribution >= 4 is 24.4 Å². The molecule has 2 aromatic carbocycles. The molecule has 0 aromatic heterocycles. The van der Waals surface area contributed by atoms with Gasteiger partial charge in [-0.25, -0.2) is 4.79 Å². The van der Waals surface area contributed by atoms with E-state index in [-0.39, 0.29) is 12.5 Å². The number of aldehydes is 1. The van der Waals surface area contributed by atoms with Crippen LogP contribution in [0.15, 0.2) is 55.1 Å². The normalized spacial score (nSPS) is 19.8. The molecule has 1 aliphatic rings. The van der Waals surface area contributed by atoms with E-state index < -0.39 is 29.2 Å². The fourth-order valence-electron chi connectivity index (χ4n) is 5.13. The van der Waals surface area contributed by atoms with Gasteiger partial charge in [0.2, 0.25) is 5.91 Å². The lowest BCUT2D eigenvalue weighted by molar-refractivity contribution is -0.139. The van der Waals surface area contributed by atoms with Gasteiger partial charge in [0.1, 0.15) is 17.9 Å². The monoisotopic (exact) mass is 534 g/mol. The number of hydrogen-bond acceptors (Lipinski definition) is 5. The number of carbonyl (C=O) groups excluding carboxylic acids is 3. The van der Waals surface area contributed by atoms with Gasteiger partial charge in [-0.2, -0.15) is 0 Å². The molecule has 1 N–H and O–H groups in total. The van der Waals surface area contributed by atoms with Crippen molar-refractivity contribution in [3.8, 4) is 11.1 Å². The van der Waals surface area contributed by atoms with Gasteiger partial charge in [0.15, 0.2) is 0 Å². The van der Waals surface area contributed by atoms with Gasteiger partial charge < -0.3 is 24.5 Å². The maximum atomic E-state index is 13.8. The van der Waals surface area contributed by atoms with Gasteiger partial charge in [0.25, 0.3) is 0 Å². The Bertz CT molecular complexity index is 1150. The lowest BCUT2D eigenvalue weighted by Gasteiger charge is -2.35. The van der Waals surface area contributed by atoms with Crippen molar-refractivity contribution in [3.05, 3.63) is 66.2 Å². The van der Waals surface area contributed by atoms with Crippen LogP contribution in [0.5, 0.6) is 0 Å². The predicted octanol–water partition coefficient (Wildman–Crippen LogP) is 5.97. The van der Waals surface area contributed by atoms with Crippen LogP contribution in [0.25, 0.3) is 17.2 Å². The second kappa shape index (κ2) is 13.1. The van der Waals surface area contributed by atoms with Crippen molar-refractivity contribution in [2.75, 3.05) is 20.3 Å². The molecule has 2 aromatic rings. The maximum Gasteiger partial charge on any atom is 0.407 e. The summed E-state index contributed by atoms with van der Waals surface area (Å²) in [6.07, 6.45) is 5.05. The fourth-order valence-corrected chi connectivity index (χ4v) is 5.13. The number of benzene rings is 2. The molecule has 3 atom stereocenters. The molecule has 2 amide bonds. The summed E-state index contributed by atoms with van der Waals surface area (Å²) < 4.78 is 11.3. The highest BCUT2D eigenvalue weighted by Gasteiger charge is 2.50. The molecule has 0 spiro atoms. The molecule has 0 radical (unpaired) electrons. The zero-order valence-corrected chi connectivity index (χ0v) is 23.9. The van der Waals surface area contributed by atoms with Crippen LogP contribution in [0.1, 0.15) is 64.5 Å². The number of unbranched alkanes of at least 4 members (excludes halogenated alkanes) is 2. The average molecular weight is 535 g/mol. The first-order valence-electron chi connectivity index (χ1n) is 13.7. The largest absolute Gasteiger partial charge is 0.450 e. The molecule has 1 saturated heterocycles. The zero-order valence-electron chi connectivity index (χ0n) is 23.9. The van der Waals surface area contributed by atoms with Crippen LogP contribution in [-0.2, 0) is 24.7 Å². The highest BCUT2D eigenvalue weighted by atomic mass is 16.5. The number of alkyl carbamates (subject to hydrolysis) is 1. The highest BCUT2D eigenvalue weighted by molar-refractivity contribution is 5.89. The predicted molar refractivity (Wildman–Crippen MR) is 154 cm³/mol. The molecule has 7 heteroatoms. The Morgan fingerprint density at radius 2 is 1.85 bits per heavy atom. The topological polar surface area (TPSA) is 84.9 Å². The van der Waals surface area contributed by atoms with Crippen LogP contribution >= 0.6 is 0 Å². The molecular formula is C32H42N2O5. The third-order valence-corrected chi connectivity index (χ3v) is 7.45. The minimum atomic E-state index is -0.871. The highest BCUT2D eigenvalue weighted by Crippen LogP contribution is 2.40. The average Bonchev–Trinajstić information content (AvgIpc) is 3.33. The number of rotatable bonds is 11. The lowest BCUT2D eigenvalue weighted by Crippen LogP contribution is -2.56. The van der Waals surface area contributed by atoms with Gasteiger partial charge in [-0.1, -0.05) is 102 Å². The SMILES string of the molecule is C=Cc1ccccc1-c1ccc([C@]2(OC)C[C@@H](C=O)N(C(=O)[C@@H](NC(=O)OCCCCC)C(C)(C)C)C2)cc1. The van der Waals surface area contributed by atoms with Gasteiger partial charge in [0, 0.05) is 13.5 Å². The first-order chi connectivity index (χ1) is 18.6. The van der Waals surface area contributed by atoms with Crippen LogP contribution in [0.3, 0.4) is 0 Å². The quantitative estimate of drug-likeness (QED) is 0.284. The maximum absolute atomic E-state index is 13.8. The van der Waals surface area contributed by atoms with Gasteiger partial charge >= 0.3 is 6.09 Å². The van der Waals surface area contributed by atoms with E-state index in [9.17, 15) is 14.4 Å². The summed E-state index contributed by atoms with van der Waals surface area (Å²) in [6.45, 7) is 12.1. The third-order valence-electron chi connectivity index (χ3n) is 7.45. The summed E-state index contributed by atoms with van der Waals surface area (Å²) in [6, 6.07) is 14.5. The number of nitrogens with zero attached hydrogens (tertiary/aromatic N) is 1. The number of amides is 2. The second-order valence-electron chi connectivity index (χ2n) is 11.2. The Balaban J connectivity index is 1.84. The van der Waals surface area contributed by atoms with E-state index in [0.717, 1.165) is 47.8 Å². The molecule has 1 heterocycles. The van der Waals surface area contributed by atoms with Crippen molar-refractivity contribution in [2.45, 2.75) is 71.1 Å². The summed E-state index contributed by atoms with van der Waals surface area (Å²) in [5.74, 6) is -0.333. The minimum absolute atomic E-state index is 0.189. The summed E-state index contributed by atoms with van der Waals surface area (Å²) in [5.41, 5.74) is 2.55. The summed E-state index contributed by atoms with van der Waals surface area (Å²) in [5, 5.41) is 2.76. The number of hydrogen-bond donors (Lipinski definition) is 1. The van der Waals surface area contributed by atoms with Gasteiger partial charge in [-0.3, -0.25) is 4.79 Å². The minimum Gasteiger partial charge on any atom is -0.450 e. The molecule has 39 heavy (non-hydrogen) atoms. The summed E-state index contributed by atoms with van der Waals surface area (Å²) in [4.78, 5) is 40.1. The molecule has 0 unspecified atom stereocenters. The molecule has 0 aliphatic carbocycles. The number of nitrogens with one attached hydrogen (secondary N) is 1.